The summed E-state index contributed by atoms with van der Waals surface area (Å²) in [6, 6.07) is 1.94. The van der Waals surface area contributed by atoms with E-state index >= 15 is 0 Å². The van der Waals surface area contributed by atoms with Gasteiger partial charge in [0, 0.05) is 67.0 Å². The van der Waals surface area contributed by atoms with Gasteiger partial charge in [-0.05, 0) is 64.5 Å². The summed E-state index contributed by atoms with van der Waals surface area (Å²) >= 11 is 13.7. The first kappa shape index (κ1) is 31.4. The van der Waals surface area contributed by atoms with Crippen molar-refractivity contribution < 1.29 is 13.2 Å². The van der Waals surface area contributed by atoms with Crippen LogP contribution in [-0.2, 0) is 14.6 Å². The summed E-state index contributed by atoms with van der Waals surface area (Å²) < 4.78 is 26.1. The van der Waals surface area contributed by atoms with E-state index < -0.39 is 9.84 Å². The van der Waals surface area contributed by atoms with E-state index in [0.29, 0.717) is 42.1 Å². The Bertz CT molecular complexity index is 1680. The van der Waals surface area contributed by atoms with Crippen LogP contribution in [-0.4, -0.2) is 100 Å². The molecule has 1 aromatic carbocycles. The van der Waals surface area contributed by atoms with Gasteiger partial charge in [0.15, 0.2) is 15.7 Å². The normalized spacial score (nSPS) is 22.9. The monoisotopic (exact) mass is 661 g/mol. The smallest absolute Gasteiger partial charge is 0.245 e. The lowest BCUT2D eigenvalue weighted by molar-refractivity contribution is -0.127. The van der Waals surface area contributed by atoms with Gasteiger partial charge < -0.3 is 14.7 Å². The molecule has 0 bridgehead atoms. The number of benzene rings is 1. The summed E-state index contributed by atoms with van der Waals surface area (Å²) in [7, 11) is -2.90. The minimum Gasteiger partial charge on any atom is -0.349 e. The van der Waals surface area contributed by atoms with E-state index in [1.807, 2.05) is 11.0 Å². The predicted molar refractivity (Wildman–Crippen MR) is 176 cm³/mol. The van der Waals surface area contributed by atoms with Crippen LogP contribution < -0.4 is 4.90 Å². The Kier molecular flexibility index (Phi) is 8.53. The van der Waals surface area contributed by atoms with Crippen molar-refractivity contribution in [3.63, 3.8) is 0 Å². The molecule has 1 amide bonds. The molecule has 1 N–H and O–H groups in total. The highest BCUT2D eigenvalue weighted by molar-refractivity contribution is 7.91. The molecule has 10 nitrogen and oxygen atoms in total. The molecule has 2 aromatic heterocycles. The van der Waals surface area contributed by atoms with Gasteiger partial charge in [0.2, 0.25) is 5.91 Å². The molecule has 0 radical (unpaired) electrons. The maximum absolute atomic E-state index is 12.3. The second-order valence-electron chi connectivity index (χ2n) is 13.1. The zero-order valence-electron chi connectivity index (χ0n) is 25.7. The van der Waals surface area contributed by atoms with E-state index in [-0.39, 0.29) is 29.0 Å². The maximum Gasteiger partial charge on any atom is 0.245 e. The van der Waals surface area contributed by atoms with Crippen molar-refractivity contribution >= 4 is 55.7 Å². The minimum absolute atomic E-state index is 0.0362. The lowest BCUT2D eigenvalue weighted by atomic mass is 9.82. The fourth-order valence-electron chi connectivity index (χ4n) is 7.46. The Balaban J connectivity index is 1.36. The topological polar surface area (TPSA) is 107 Å². The molecule has 3 aliphatic heterocycles. The summed E-state index contributed by atoms with van der Waals surface area (Å²) in [6.07, 6.45) is 6.69. The molecule has 44 heavy (non-hydrogen) atoms. The molecule has 0 aliphatic carbocycles. The number of piperidine rings is 2. The third-order valence-corrected chi connectivity index (χ3v) is 12.2. The molecule has 5 heterocycles. The molecule has 3 aromatic rings. The van der Waals surface area contributed by atoms with Crippen LogP contribution in [0.2, 0.25) is 10.0 Å². The lowest BCUT2D eigenvalue weighted by Crippen LogP contribution is -2.53. The van der Waals surface area contributed by atoms with E-state index in [2.05, 4.69) is 52.0 Å². The largest absolute Gasteiger partial charge is 0.349 e. The molecule has 13 heteroatoms. The number of nitrogens with zero attached hydrogens (tertiary/aromatic N) is 6. The second-order valence-corrected chi connectivity index (χ2v) is 16.2. The number of hydrogen-bond acceptors (Lipinski definition) is 7. The number of H-pyrrole nitrogens is 1. The summed E-state index contributed by atoms with van der Waals surface area (Å²) in [6.45, 7) is 14.5. The molecular weight excluding hydrogens is 621 g/mol. The van der Waals surface area contributed by atoms with E-state index in [9.17, 15) is 13.2 Å². The second kappa shape index (κ2) is 12.0. The van der Waals surface area contributed by atoms with Gasteiger partial charge in [-0.1, -0.05) is 29.8 Å². The molecule has 0 saturated carbocycles. The molecule has 0 spiro atoms. The molecule has 3 aliphatic rings. The Morgan fingerprint density at radius 2 is 1.82 bits per heavy atom. The van der Waals surface area contributed by atoms with Crippen LogP contribution in [0.1, 0.15) is 51.3 Å². The van der Waals surface area contributed by atoms with Crippen molar-refractivity contribution in [1.29, 1.82) is 0 Å². The van der Waals surface area contributed by atoms with Crippen LogP contribution in [0.5, 0.6) is 0 Å². The van der Waals surface area contributed by atoms with Crippen molar-refractivity contribution in [2.75, 3.05) is 55.7 Å². The number of hydrogen-bond donors (Lipinski definition) is 1. The number of rotatable bonds is 6. The zero-order valence-corrected chi connectivity index (χ0v) is 28.0. The number of halogens is 2. The third-order valence-electron chi connectivity index (χ3n) is 9.81. The van der Waals surface area contributed by atoms with Crippen LogP contribution in [0.3, 0.4) is 0 Å². The van der Waals surface area contributed by atoms with Crippen LogP contribution in [0.4, 0.5) is 5.82 Å². The van der Waals surface area contributed by atoms with Gasteiger partial charge >= 0.3 is 0 Å². The number of aromatic amines is 1. The maximum atomic E-state index is 12.3. The molecule has 3 saturated heterocycles. The molecule has 6 rings (SSSR count). The first-order valence-electron chi connectivity index (χ1n) is 15.4. The minimum atomic E-state index is -2.90. The fraction of sp³-hybridized carbons (Fsp3) is 0.581. The van der Waals surface area contributed by atoms with Gasteiger partial charge in [0.1, 0.15) is 0 Å². The van der Waals surface area contributed by atoms with Crippen molar-refractivity contribution in [2.24, 2.45) is 5.92 Å². The molecule has 1 unspecified atom stereocenters. The molecular formula is C31H41Cl2N7O3S. The van der Waals surface area contributed by atoms with Crippen LogP contribution in [0.25, 0.3) is 22.0 Å². The third kappa shape index (κ3) is 5.88. The first-order chi connectivity index (χ1) is 20.9. The van der Waals surface area contributed by atoms with Crippen LogP contribution in [0.15, 0.2) is 24.9 Å². The summed E-state index contributed by atoms with van der Waals surface area (Å²) in [5.74, 6) is 1.80. The highest BCUT2D eigenvalue weighted by atomic mass is 35.5. The Labute approximate surface area is 269 Å². The van der Waals surface area contributed by atoms with Crippen molar-refractivity contribution in [3.05, 3.63) is 40.7 Å². The van der Waals surface area contributed by atoms with Gasteiger partial charge in [0.25, 0.3) is 0 Å². The van der Waals surface area contributed by atoms with Gasteiger partial charge in [0.05, 0.1) is 39.3 Å². The summed E-state index contributed by atoms with van der Waals surface area (Å²) in [5, 5.41) is 14.5. The summed E-state index contributed by atoms with van der Waals surface area (Å²) in [4.78, 5) is 18.8. The number of amides is 1. The summed E-state index contributed by atoms with van der Waals surface area (Å²) in [5.41, 5.74) is 3.39. The quantitative estimate of drug-likeness (QED) is 0.366. The zero-order chi connectivity index (χ0) is 31.4. The highest BCUT2D eigenvalue weighted by Crippen LogP contribution is 2.48. The molecule has 3 fully saturated rings. The van der Waals surface area contributed by atoms with Gasteiger partial charge in [-0.15, -0.1) is 0 Å². The number of likely N-dealkylation sites (tertiary alicyclic amines) is 1. The SMILES string of the molecule is C=CC(=O)N1CCC(n2nc(N3CCC(CN4CCS(=O)(=O)CC4)CC3(C)C)c(-c3c(Cl)c(Cl)cc4[nH]ncc34)c2C)CC1. The fourth-order valence-corrected chi connectivity index (χ4v) is 9.19. The van der Waals surface area contributed by atoms with Gasteiger partial charge in [-0.25, -0.2) is 8.42 Å². The van der Waals surface area contributed by atoms with Gasteiger partial charge in [-0.3, -0.25) is 14.6 Å². The lowest BCUT2D eigenvalue weighted by Gasteiger charge is -2.47. The number of carbonyl (C=O) groups is 1. The number of carbonyl (C=O) groups excluding carboxylic acids is 1. The van der Waals surface area contributed by atoms with Gasteiger partial charge in [-0.2, -0.15) is 10.2 Å². The van der Waals surface area contributed by atoms with Crippen LogP contribution >= 0.6 is 23.2 Å². The van der Waals surface area contributed by atoms with E-state index in [0.717, 1.165) is 72.3 Å². The van der Waals surface area contributed by atoms with Crippen molar-refractivity contribution in [2.45, 2.75) is 58.0 Å². The Morgan fingerprint density at radius 1 is 1.11 bits per heavy atom. The Morgan fingerprint density at radius 3 is 2.48 bits per heavy atom. The average molecular weight is 663 g/mol. The van der Waals surface area contributed by atoms with E-state index in [1.54, 1.807) is 6.20 Å². The van der Waals surface area contributed by atoms with E-state index in [1.165, 1.54) is 6.08 Å². The van der Waals surface area contributed by atoms with E-state index in [4.69, 9.17) is 28.3 Å². The number of aromatic nitrogens is 4. The number of nitrogens with one attached hydrogen (secondary N) is 1. The number of sulfone groups is 1. The standard InChI is InChI=1S/C31H41Cl2N7O3S/c1-5-26(41)38-9-7-22(8-10-38)40-20(2)27(28-23-18-34-35-25(23)16-24(32)29(28)33)30(36-40)39-11-6-21(17-31(39,3)4)19-37-12-14-44(42,43)15-13-37/h5,16,18,21-22H,1,6-15,17,19H2,2-4H3,(H,34,35). The number of fused-ring (bicyclic) bond motifs is 1. The first-order valence-corrected chi connectivity index (χ1v) is 18.0. The number of anilines is 1. The molecule has 1 atom stereocenters. The van der Waals surface area contributed by atoms with Crippen molar-refractivity contribution in [1.82, 2.24) is 29.8 Å². The van der Waals surface area contributed by atoms with Crippen LogP contribution in [0, 0.1) is 12.8 Å². The average Bonchev–Trinajstić information content (AvgIpc) is 3.58. The Hall–Kier alpha value is -2.60. The highest BCUT2D eigenvalue weighted by Gasteiger charge is 2.40. The van der Waals surface area contributed by atoms with Crippen molar-refractivity contribution in [3.8, 4) is 11.1 Å². The molecule has 238 valence electrons. The predicted octanol–water partition coefficient (Wildman–Crippen LogP) is 5.12.